The van der Waals surface area contributed by atoms with Crippen molar-refractivity contribution in [3.05, 3.63) is 29.8 Å². The van der Waals surface area contributed by atoms with Gasteiger partial charge in [-0.25, -0.2) is 5.43 Å². The Morgan fingerprint density at radius 3 is 2.83 bits per heavy atom. The van der Waals surface area contributed by atoms with Gasteiger partial charge in [-0.3, -0.25) is 4.79 Å². The molecule has 1 aromatic rings. The van der Waals surface area contributed by atoms with Gasteiger partial charge in [0.1, 0.15) is 5.75 Å². The molecule has 2 aliphatic carbocycles. The first-order chi connectivity index (χ1) is 8.74. The van der Waals surface area contributed by atoms with E-state index in [9.17, 15) is 9.90 Å². The predicted molar refractivity (Wildman–Crippen MR) is 68.5 cm³/mol. The quantitative estimate of drug-likeness (QED) is 0.784. The molecule has 0 aliphatic heterocycles. The van der Waals surface area contributed by atoms with E-state index in [2.05, 4.69) is 10.5 Å². The van der Waals surface area contributed by atoms with Crippen molar-refractivity contribution in [1.29, 1.82) is 0 Å². The van der Waals surface area contributed by atoms with E-state index >= 15 is 0 Å². The summed E-state index contributed by atoms with van der Waals surface area (Å²) in [5.74, 6) is 0.988. The maximum atomic E-state index is 11.9. The number of phenols is 1. The number of aromatic hydroxyl groups is 1. The van der Waals surface area contributed by atoms with Crippen LogP contribution in [0.4, 0.5) is 0 Å². The standard InChI is InChI=1S/C14H16N2O2/c17-13-4-2-1-3-11(13)14(18)16-15-12-8-9-5-6-10(12)7-9/h1-4,9-10,17H,5-8H2,(H,16,18)/b15-12+. The number of hydrogen-bond acceptors (Lipinski definition) is 3. The Balaban J connectivity index is 1.69. The van der Waals surface area contributed by atoms with Crippen molar-refractivity contribution in [2.24, 2.45) is 16.9 Å². The maximum Gasteiger partial charge on any atom is 0.275 e. The highest BCUT2D eigenvalue weighted by Gasteiger charge is 2.36. The minimum absolute atomic E-state index is 0.0110. The fourth-order valence-electron chi connectivity index (χ4n) is 3.01. The van der Waals surface area contributed by atoms with Gasteiger partial charge in [0.25, 0.3) is 5.91 Å². The van der Waals surface area contributed by atoms with Crippen LogP contribution in [0, 0.1) is 11.8 Å². The maximum absolute atomic E-state index is 11.9. The van der Waals surface area contributed by atoms with E-state index in [0.29, 0.717) is 5.92 Å². The van der Waals surface area contributed by atoms with Gasteiger partial charge in [0.2, 0.25) is 0 Å². The molecule has 2 unspecified atom stereocenters. The van der Waals surface area contributed by atoms with Gasteiger partial charge in [-0.1, -0.05) is 12.1 Å². The zero-order valence-corrected chi connectivity index (χ0v) is 10.1. The number of carbonyl (C=O) groups excluding carboxylic acids is 1. The van der Waals surface area contributed by atoms with Crippen LogP contribution in [-0.2, 0) is 0 Å². The lowest BCUT2D eigenvalue weighted by Crippen LogP contribution is -2.21. The van der Waals surface area contributed by atoms with E-state index in [1.807, 2.05) is 0 Å². The molecule has 0 radical (unpaired) electrons. The molecule has 0 spiro atoms. The molecule has 4 nitrogen and oxygen atoms in total. The molecule has 2 bridgehead atoms. The van der Waals surface area contributed by atoms with Crippen molar-refractivity contribution in [1.82, 2.24) is 5.43 Å². The molecule has 94 valence electrons. The number of para-hydroxylation sites is 1. The van der Waals surface area contributed by atoms with E-state index in [1.54, 1.807) is 18.2 Å². The second-order valence-corrected chi connectivity index (χ2v) is 5.14. The Morgan fingerprint density at radius 1 is 1.33 bits per heavy atom. The Morgan fingerprint density at radius 2 is 2.17 bits per heavy atom. The summed E-state index contributed by atoms with van der Waals surface area (Å²) in [6.45, 7) is 0. The summed E-state index contributed by atoms with van der Waals surface area (Å²) in [7, 11) is 0. The van der Waals surface area contributed by atoms with Crippen LogP contribution in [0.25, 0.3) is 0 Å². The topological polar surface area (TPSA) is 61.7 Å². The lowest BCUT2D eigenvalue weighted by atomic mass is 9.99. The summed E-state index contributed by atoms with van der Waals surface area (Å²) < 4.78 is 0. The molecule has 0 saturated heterocycles. The number of phenolic OH excluding ortho intramolecular Hbond substituents is 1. The van der Waals surface area contributed by atoms with Crippen molar-refractivity contribution in [2.75, 3.05) is 0 Å². The Kier molecular flexibility index (Phi) is 2.78. The van der Waals surface area contributed by atoms with E-state index in [0.717, 1.165) is 18.1 Å². The fraction of sp³-hybridized carbons (Fsp3) is 0.429. The second-order valence-electron chi connectivity index (χ2n) is 5.14. The third-order valence-electron chi connectivity index (χ3n) is 3.96. The zero-order valence-electron chi connectivity index (χ0n) is 10.1. The second kappa shape index (κ2) is 4.44. The first-order valence-corrected chi connectivity index (χ1v) is 6.39. The van der Waals surface area contributed by atoms with Crippen molar-refractivity contribution in [2.45, 2.75) is 25.7 Å². The fourth-order valence-corrected chi connectivity index (χ4v) is 3.01. The van der Waals surface area contributed by atoms with Gasteiger partial charge >= 0.3 is 0 Å². The summed E-state index contributed by atoms with van der Waals surface area (Å²) in [5, 5.41) is 13.8. The Labute approximate surface area is 106 Å². The highest BCUT2D eigenvalue weighted by atomic mass is 16.3. The van der Waals surface area contributed by atoms with Gasteiger partial charge in [-0.15, -0.1) is 0 Å². The van der Waals surface area contributed by atoms with Crippen LogP contribution in [0.5, 0.6) is 5.75 Å². The van der Waals surface area contributed by atoms with Crippen LogP contribution < -0.4 is 5.43 Å². The average molecular weight is 244 g/mol. The largest absolute Gasteiger partial charge is 0.507 e. The molecule has 2 N–H and O–H groups in total. The zero-order chi connectivity index (χ0) is 12.5. The van der Waals surface area contributed by atoms with Gasteiger partial charge in [-0.2, -0.15) is 5.10 Å². The van der Waals surface area contributed by atoms with Gasteiger partial charge in [-0.05, 0) is 49.7 Å². The molecule has 1 amide bonds. The van der Waals surface area contributed by atoms with E-state index in [-0.39, 0.29) is 17.2 Å². The average Bonchev–Trinajstić information content (AvgIpc) is 2.98. The van der Waals surface area contributed by atoms with Crippen LogP contribution in [-0.4, -0.2) is 16.7 Å². The monoisotopic (exact) mass is 244 g/mol. The smallest absolute Gasteiger partial charge is 0.275 e. The minimum atomic E-state index is -0.344. The van der Waals surface area contributed by atoms with Crippen LogP contribution in [0.3, 0.4) is 0 Å². The number of rotatable bonds is 2. The first-order valence-electron chi connectivity index (χ1n) is 6.39. The molecule has 3 rings (SSSR count). The highest BCUT2D eigenvalue weighted by Crippen LogP contribution is 2.42. The van der Waals surface area contributed by atoms with Crippen LogP contribution >= 0.6 is 0 Å². The third-order valence-corrected chi connectivity index (χ3v) is 3.96. The molecule has 1 aromatic carbocycles. The van der Waals surface area contributed by atoms with Crippen molar-refractivity contribution < 1.29 is 9.90 Å². The van der Waals surface area contributed by atoms with Crippen molar-refractivity contribution in [3.8, 4) is 5.75 Å². The van der Waals surface area contributed by atoms with E-state index < -0.39 is 0 Å². The normalized spacial score (nSPS) is 27.7. The summed E-state index contributed by atoms with van der Waals surface area (Å²) in [4.78, 5) is 11.9. The molecule has 2 atom stereocenters. The molecule has 0 aromatic heterocycles. The molecule has 0 heterocycles. The molecular weight excluding hydrogens is 228 g/mol. The summed E-state index contributed by atoms with van der Waals surface area (Å²) in [5.41, 5.74) is 3.94. The third kappa shape index (κ3) is 1.98. The highest BCUT2D eigenvalue weighted by molar-refractivity contribution is 5.98. The summed E-state index contributed by atoms with van der Waals surface area (Å²) >= 11 is 0. The predicted octanol–water partition coefficient (Wildman–Crippen LogP) is 2.30. The lowest BCUT2D eigenvalue weighted by molar-refractivity contribution is 0.0952. The van der Waals surface area contributed by atoms with Crippen LogP contribution in [0.2, 0.25) is 0 Å². The van der Waals surface area contributed by atoms with Crippen LogP contribution in [0.1, 0.15) is 36.0 Å². The summed E-state index contributed by atoms with van der Waals surface area (Å²) in [6.07, 6.45) is 4.75. The number of hydrazone groups is 1. The van der Waals surface area contributed by atoms with Crippen molar-refractivity contribution in [3.63, 3.8) is 0 Å². The number of nitrogens with zero attached hydrogens (tertiary/aromatic N) is 1. The van der Waals surface area contributed by atoms with E-state index in [1.165, 1.54) is 25.3 Å². The number of benzene rings is 1. The molecule has 4 heteroatoms. The first kappa shape index (κ1) is 11.3. The van der Waals surface area contributed by atoms with Gasteiger partial charge < -0.3 is 5.11 Å². The number of hydrogen-bond donors (Lipinski definition) is 2. The minimum Gasteiger partial charge on any atom is -0.507 e. The van der Waals surface area contributed by atoms with Gasteiger partial charge in [0, 0.05) is 5.71 Å². The van der Waals surface area contributed by atoms with Crippen molar-refractivity contribution >= 4 is 11.6 Å². The number of fused-ring (bicyclic) bond motifs is 2. The van der Waals surface area contributed by atoms with Gasteiger partial charge in [0.05, 0.1) is 5.56 Å². The molecule has 2 saturated carbocycles. The van der Waals surface area contributed by atoms with Crippen LogP contribution in [0.15, 0.2) is 29.4 Å². The summed E-state index contributed by atoms with van der Waals surface area (Å²) in [6, 6.07) is 6.50. The lowest BCUT2D eigenvalue weighted by Gasteiger charge is -2.11. The molecule has 18 heavy (non-hydrogen) atoms. The molecule has 2 aliphatic rings. The number of amides is 1. The molecular formula is C14H16N2O2. The Bertz CT molecular complexity index is 510. The molecule has 2 fully saturated rings. The van der Waals surface area contributed by atoms with Gasteiger partial charge in [0.15, 0.2) is 0 Å². The number of carbonyl (C=O) groups is 1. The SMILES string of the molecule is O=C(N/N=C1\CC2CCC1C2)c1ccccc1O. The number of nitrogens with one attached hydrogen (secondary N) is 1. The Hall–Kier alpha value is -1.84. The van der Waals surface area contributed by atoms with E-state index in [4.69, 9.17) is 0 Å².